The Morgan fingerprint density at radius 3 is 2.89 bits per heavy atom. The van der Waals surface area contributed by atoms with Crippen molar-refractivity contribution < 1.29 is 4.39 Å². The third-order valence-electron chi connectivity index (χ3n) is 4.41. The molecule has 9 heteroatoms. The summed E-state index contributed by atoms with van der Waals surface area (Å²) in [5, 5.41) is 7.96. The van der Waals surface area contributed by atoms with Crippen molar-refractivity contribution in [1.82, 2.24) is 24.6 Å². The summed E-state index contributed by atoms with van der Waals surface area (Å²) in [5.41, 5.74) is 8.72. The Morgan fingerprint density at radius 2 is 2.11 bits per heavy atom. The van der Waals surface area contributed by atoms with E-state index >= 15 is 0 Å². The van der Waals surface area contributed by atoms with Crippen LogP contribution in [-0.2, 0) is 0 Å². The fraction of sp³-hybridized carbons (Fsp3) is 0.158. The van der Waals surface area contributed by atoms with Crippen molar-refractivity contribution in [3.63, 3.8) is 0 Å². The second kappa shape index (κ2) is 7.40. The molecule has 0 radical (unpaired) electrons. The summed E-state index contributed by atoms with van der Waals surface area (Å²) >= 11 is 6.22. The number of anilines is 2. The van der Waals surface area contributed by atoms with Gasteiger partial charge >= 0.3 is 0 Å². The Balaban J connectivity index is 1.69. The lowest BCUT2D eigenvalue weighted by molar-refractivity contribution is 0.625. The first-order valence-corrected chi connectivity index (χ1v) is 9.07. The molecule has 0 saturated carbocycles. The molecule has 1 atom stereocenters. The van der Waals surface area contributed by atoms with Gasteiger partial charge in [-0.1, -0.05) is 24.6 Å². The van der Waals surface area contributed by atoms with Crippen LogP contribution in [-0.4, -0.2) is 24.6 Å². The van der Waals surface area contributed by atoms with E-state index in [0.29, 0.717) is 33.6 Å². The van der Waals surface area contributed by atoms with Crippen LogP contribution in [0.25, 0.3) is 16.9 Å². The van der Waals surface area contributed by atoms with Gasteiger partial charge in [-0.25, -0.2) is 23.9 Å². The van der Waals surface area contributed by atoms with Crippen molar-refractivity contribution in [2.24, 2.45) is 0 Å². The molecule has 0 aliphatic rings. The Labute approximate surface area is 165 Å². The highest BCUT2D eigenvalue weighted by atomic mass is 35.5. The fourth-order valence-corrected chi connectivity index (χ4v) is 3.38. The molecule has 3 aromatic heterocycles. The number of nitrogens with zero attached hydrogens (tertiary/aromatic N) is 5. The molecule has 0 aliphatic carbocycles. The molecule has 3 N–H and O–H groups in total. The molecule has 142 valence electrons. The van der Waals surface area contributed by atoms with E-state index in [1.807, 2.05) is 6.92 Å². The Hall–Kier alpha value is -3.26. The number of hydrogen-bond donors (Lipinski definition) is 2. The topological polar surface area (TPSA) is 94.0 Å². The second-order valence-electron chi connectivity index (χ2n) is 6.21. The van der Waals surface area contributed by atoms with Crippen LogP contribution in [0.5, 0.6) is 0 Å². The highest BCUT2D eigenvalue weighted by molar-refractivity contribution is 6.31. The van der Waals surface area contributed by atoms with Crippen LogP contribution < -0.4 is 11.1 Å². The predicted octanol–water partition coefficient (Wildman–Crippen LogP) is 4.12. The summed E-state index contributed by atoms with van der Waals surface area (Å²) in [7, 11) is 0. The molecule has 1 aromatic carbocycles. The minimum Gasteiger partial charge on any atom is -0.382 e. The van der Waals surface area contributed by atoms with Crippen LogP contribution in [0, 0.1) is 5.82 Å². The molecule has 4 rings (SSSR count). The average molecular weight is 398 g/mol. The van der Waals surface area contributed by atoms with Gasteiger partial charge < -0.3 is 11.1 Å². The average Bonchev–Trinajstić information content (AvgIpc) is 3.02. The maximum atomic E-state index is 13.4. The quantitative estimate of drug-likeness (QED) is 0.526. The number of rotatable bonds is 5. The van der Waals surface area contributed by atoms with Crippen LogP contribution in [0.2, 0.25) is 5.02 Å². The summed E-state index contributed by atoms with van der Waals surface area (Å²) in [6.45, 7) is 2.01. The van der Waals surface area contributed by atoms with E-state index in [1.165, 1.54) is 18.5 Å². The first-order valence-electron chi connectivity index (χ1n) is 8.69. The van der Waals surface area contributed by atoms with Crippen LogP contribution in [0.3, 0.4) is 0 Å². The van der Waals surface area contributed by atoms with Crippen molar-refractivity contribution >= 4 is 28.9 Å². The van der Waals surface area contributed by atoms with Crippen molar-refractivity contribution in [1.29, 1.82) is 0 Å². The molecule has 0 bridgehead atoms. The van der Waals surface area contributed by atoms with Crippen LogP contribution in [0.15, 0.2) is 49.1 Å². The number of nitrogen functional groups attached to an aromatic ring is 1. The van der Waals surface area contributed by atoms with Crippen LogP contribution >= 0.6 is 11.6 Å². The Bertz CT molecular complexity index is 1140. The van der Waals surface area contributed by atoms with E-state index < -0.39 is 0 Å². The number of fused-ring (bicyclic) bond motifs is 1. The van der Waals surface area contributed by atoms with Gasteiger partial charge in [-0.05, 0) is 30.2 Å². The van der Waals surface area contributed by atoms with Crippen molar-refractivity contribution in [2.75, 3.05) is 11.1 Å². The molecule has 0 fully saturated rings. The van der Waals surface area contributed by atoms with E-state index in [9.17, 15) is 4.39 Å². The number of nitrogens with two attached hydrogens (primary N) is 1. The van der Waals surface area contributed by atoms with Gasteiger partial charge in [0.15, 0.2) is 11.5 Å². The maximum absolute atomic E-state index is 13.4. The van der Waals surface area contributed by atoms with Gasteiger partial charge in [0.25, 0.3) is 0 Å². The fourth-order valence-electron chi connectivity index (χ4n) is 3.08. The molecule has 28 heavy (non-hydrogen) atoms. The number of benzene rings is 1. The SMILES string of the molecule is CC[C@H](Nc1cc(-c2c(N)nn3cccnc23)ncn1)c1ccc(F)cc1Cl. The summed E-state index contributed by atoms with van der Waals surface area (Å²) in [5.74, 6) is 0.549. The first kappa shape index (κ1) is 18.1. The third kappa shape index (κ3) is 3.34. The zero-order valence-corrected chi connectivity index (χ0v) is 15.7. The molecule has 0 aliphatic heterocycles. The van der Waals surface area contributed by atoms with Crippen LogP contribution in [0.1, 0.15) is 24.9 Å². The summed E-state index contributed by atoms with van der Waals surface area (Å²) in [6.07, 6.45) is 5.61. The highest BCUT2D eigenvalue weighted by Gasteiger charge is 2.18. The van der Waals surface area contributed by atoms with E-state index in [1.54, 1.807) is 35.1 Å². The lowest BCUT2D eigenvalue weighted by Crippen LogP contribution is -2.11. The number of aromatic nitrogens is 5. The molecular weight excluding hydrogens is 381 g/mol. The molecule has 7 nitrogen and oxygen atoms in total. The summed E-state index contributed by atoms with van der Waals surface area (Å²) in [4.78, 5) is 13.0. The minimum atomic E-state index is -0.371. The number of nitrogens with one attached hydrogen (secondary N) is 1. The first-order chi connectivity index (χ1) is 13.6. The predicted molar refractivity (Wildman–Crippen MR) is 106 cm³/mol. The summed E-state index contributed by atoms with van der Waals surface area (Å²) in [6, 6.07) is 7.78. The molecule has 0 amide bonds. The third-order valence-corrected chi connectivity index (χ3v) is 4.74. The summed E-state index contributed by atoms with van der Waals surface area (Å²) < 4.78 is 15.0. The molecular formula is C19H17ClFN7. The standard InChI is InChI=1S/C19H17ClFN7/c1-2-14(12-5-4-11(21)8-13(12)20)26-16-9-15(24-10-25-16)17-18(22)27-28-7-3-6-23-19(17)28/h3-10,14H,2H2,1H3,(H2,22,27)(H,24,25,26)/t14-/m0/s1. The van der Waals surface area contributed by atoms with E-state index in [-0.39, 0.29) is 11.9 Å². The minimum absolute atomic E-state index is 0.143. The molecule has 0 unspecified atom stereocenters. The Morgan fingerprint density at radius 1 is 1.25 bits per heavy atom. The van der Waals surface area contributed by atoms with E-state index in [2.05, 4.69) is 25.4 Å². The van der Waals surface area contributed by atoms with Gasteiger partial charge in [-0.3, -0.25) is 0 Å². The van der Waals surface area contributed by atoms with Crippen molar-refractivity contribution in [2.45, 2.75) is 19.4 Å². The second-order valence-corrected chi connectivity index (χ2v) is 6.61. The zero-order chi connectivity index (χ0) is 19.7. The number of hydrogen-bond acceptors (Lipinski definition) is 6. The van der Waals surface area contributed by atoms with Gasteiger partial charge in [-0.15, -0.1) is 5.10 Å². The lowest BCUT2D eigenvalue weighted by atomic mass is 10.0. The largest absolute Gasteiger partial charge is 0.382 e. The molecule has 3 heterocycles. The Kier molecular flexibility index (Phi) is 4.79. The molecule has 0 spiro atoms. The van der Waals surface area contributed by atoms with Crippen molar-refractivity contribution in [3.05, 3.63) is 65.5 Å². The van der Waals surface area contributed by atoms with Crippen molar-refractivity contribution in [3.8, 4) is 11.3 Å². The smallest absolute Gasteiger partial charge is 0.166 e. The maximum Gasteiger partial charge on any atom is 0.166 e. The van der Waals surface area contributed by atoms with Gasteiger partial charge in [0.2, 0.25) is 0 Å². The number of halogens is 2. The normalized spacial score (nSPS) is 12.2. The van der Waals surface area contributed by atoms with Gasteiger partial charge in [0, 0.05) is 23.5 Å². The lowest BCUT2D eigenvalue weighted by Gasteiger charge is -2.19. The van der Waals surface area contributed by atoms with Gasteiger partial charge in [-0.2, -0.15) is 0 Å². The highest BCUT2D eigenvalue weighted by Crippen LogP contribution is 2.31. The van der Waals surface area contributed by atoms with E-state index in [4.69, 9.17) is 17.3 Å². The monoisotopic (exact) mass is 397 g/mol. The zero-order valence-electron chi connectivity index (χ0n) is 15.0. The van der Waals surface area contributed by atoms with Gasteiger partial charge in [0.05, 0.1) is 17.3 Å². The van der Waals surface area contributed by atoms with Gasteiger partial charge in [0.1, 0.15) is 18.0 Å². The molecule has 4 aromatic rings. The van der Waals surface area contributed by atoms with Crippen LogP contribution in [0.4, 0.5) is 16.0 Å². The molecule has 0 saturated heterocycles. The van der Waals surface area contributed by atoms with E-state index in [0.717, 1.165) is 12.0 Å².